The molecule has 0 spiro atoms. The van der Waals surface area contributed by atoms with Crippen LogP contribution in [0.15, 0.2) is 0 Å². The minimum atomic E-state index is -0.453. The van der Waals surface area contributed by atoms with Crippen molar-refractivity contribution in [3.63, 3.8) is 0 Å². The Morgan fingerprint density at radius 2 is 2.40 bits per heavy atom. The number of carbonyl (C=O) groups excluding carboxylic acids is 2. The van der Waals surface area contributed by atoms with Gasteiger partial charge < -0.3 is 14.8 Å². The van der Waals surface area contributed by atoms with Gasteiger partial charge in [0.05, 0.1) is 7.11 Å². The average molecular weight is 145 g/mol. The van der Waals surface area contributed by atoms with Gasteiger partial charge in [0, 0.05) is 13.0 Å². The Morgan fingerprint density at radius 1 is 1.70 bits per heavy atom. The van der Waals surface area contributed by atoms with Crippen molar-refractivity contribution in [3.05, 3.63) is 0 Å². The van der Waals surface area contributed by atoms with Crippen LogP contribution in [0.5, 0.6) is 0 Å². The van der Waals surface area contributed by atoms with Gasteiger partial charge in [-0.15, -0.1) is 0 Å². The first-order valence-electron chi connectivity index (χ1n) is 3.06. The first-order valence-corrected chi connectivity index (χ1v) is 3.06. The van der Waals surface area contributed by atoms with Crippen molar-refractivity contribution < 1.29 is 14.3 Å². The first-order chi connectivity index (χ1) is 4.81. The normalized spacial score (nSPS) is 8.50. The van der Waals surface area contributed by atoms with E-state index >= 15 is 0 Å². The molecule has 0 aromatic carbocycles. The van der Waals surface area contributed by atoms with E-state index in [9.17, 15) is 9.59 Å². The highest BCUT2D eigenvalue weighted by Gasteiger charge is 1.94. The molecule has 0 aromatic heterocycles. The highest BCUT2D eigenvalue weighted by Crippen LogP contribution is 1.81. The molecular weight excluding hydrogens is 134 g/mol. The molecule has 0 heterocycles. The van der Waals surface area contributed by atoms with Gasteiger partial charge in [0.25, 0.3) is 0 Å². The third kappa shape index (κ3) is 5.08. The SMILES string of the molecule is COC(=O)NCCCC=O. The van der Waals surface area contributed by atoms with E-state index in [1.54, 1.807) is 0 Å². The quantitative estimate of drug-likeness (QED) is 0.458. The lowest BCUT2D eigenvalue weighted by atomic mass is 10.3. The molecule has 0 atom stereocenters. The monoisotopic (exact) mass is 145 g/mol. The number of hydrogen-bond donors (Lipinski definition) is 1. The van der Waals surface area contributed by atoms with E-state index in [0.717, 1.165) is 6.29 Å². The van der Waals surface area contributed by atoms with Gasteiger partial charge in [-0.05, 0) is 6.42 Å². The zero-order valence-electron chi connectivity index (χ0n) is 5.92. The zero-order valence-corrected chi connectivity index (χ0v) is 5.92. The summed E-state index contributed by atoms with van der Waals surface area (Å²) in [6, 6.07) is 0. The van der Waals surface area contributed by atoms with Crippen molar-refractivity contribution in [2.75, 3.05) is 13.7 Å². The van der Waals surface area contributed by atoms with Crippen LogP contribution >= 0.6 is 0 Å². The standard InChI is InChI=1S/C6H11NO3/c1-10-6(9)7-4-2-3-5-8/h5H,2-4H2,1H3,(H,7,9). The van der Waals surface area contributed by atoms with Gasteiger partial charge in [0.1, 0.15) is 6.29 Å². The Labute approximate surface area is 59.6 Å². The molecule has 0 aliphatic rings. The highest BCUT2D eigenvalue weighted by molar-refractivity contribution is 5.66. The Bertz CT molecular complexity index is 114. The summed E-state index contributed by atoms with van der Waals surface area (Å²) in [6.07, 6.45) is 1.51. The van der Waals surface area contributed by atoms with E-state index in [0.29, 0.717) is 19.4 Å². The Kier molecular flexibility index (Phi) is 5.42. The molecule has 0 rings (SSSR count). The second kappa shape index (κ2) is 6.07. The molecule has 0 saturated heterocycles. The molecule has 0 radical (unpaired) electrons. The summed E-state index contributed by atoms with van der Waals surface area (Å²) in [7, 11) is 1.30. The van der Waals surface area contributed by atoms with Crippen LogP contribution in [-0.2, 0) is 9.53 Å². The zero-order chi connectivity index (χ0) is 7.82. The summed E-state index contributed by atoms with van der Waals surface area (Å²) < 4.78 is 4.29. The van der Waals surface area contributed by atoms with E-state index in [1.807, 2.05) is 0 Å². The van der Waals surface area contributed by atoms with Crippen molar-refractivity contribution in [2.45, 2.75) is 12.8 Å². The summed E-state index contributed by atoms with van der Waals surface area (Å²) in [5.41, 5.74) is 0. The van der Waals surface area contributed by atoms with Gasteiger partial charge in [0.15, 0.2) is 0 Å². The van der Waals surface area contributed by atoms with Crippen LogP contribution in [-0.4, -0.2) is 26.0 Å². The number of ether oxygens (including phenoxy) is 1. The molecule has 1 N–H and O–H groups in total. The number of amides is 1. The molecule has 58 valence electrons. The van der Waals surface area contributed by atoms with Crippen molar-refractivity contribution in [3.8, 4) is 0 Å². The van der Waals surface area contributed by atoms with Gasteiger partial charge in [0.2, 0.25) is 0 Å². The molecule has 0 bridgehead atoms. The maximum atomic E-state index is 10.4. The number of nitrogens with one attached hydrogen (secondary N) is 1. The molecule has 0 saturated carbocycles. The fourth-order valence-electron chi connectivity index (χ4n) is 0.448. The van der Waals surface area contributed by atoms with Crippen LogP contribution in [0.3, 0.4) is 0 Å². The molecule has 0 fully saturated rings. The summed E-state index contributed by atoms with van der Waals surface area (Å²) in [6.45, 7) is 0.491. The molecule has 4 heteroatoms. The number of rotatable bonds is 4. The van der Waals surface area contributed by atoms with Crippen LogP contribution < -0.4 is 5.32 Å². The van der Waals surface area contributed by atoms with Gasteiger partial charge in [-0.2, -0.15) is 0 Å². The molecule has 4 nitrogen and oxygen atoms in total. The summed E-state index contributed by atoms with van der Waals surface area (Å²) in [5, 5.41) is 2.45. The van der Waals surface area contributed by atoms with Crippen LogP contribution in [0.2, 0.25) is 0 Å². The van der Waals surface area contributed by atoms with E-state index in [1.165, 1.54) is 7.11 Å². The first kappa shape index (κ1) is 8.94. The summed E-state index contributed by atoms with van der Waals surface area (Å²) in [5.74, 6) is 0. The van der Waals surface area contributed by atoms with Gasteiger partial charge in [-0.1, -0.05) is 0 Å². The Morgan fingerprint density at radius 3 is 2.90 bits per heavy atom. The van der Waals surface area contributed by atoms with Crippen molar-refractivity contribution in [2.24, 2.45) is 0 Å². The van der Waals surface area contributed by atoms with Gasteiger partial charge in [-0.3, -0.25) is 0 Å². The molecule has 0 aliphatic carbocycles. The third-order valence-electron chi connectivity index (χ3n) is 0.953. The van der Waals surface area contributed by atoms with E-state index < -0.39 is 6.09 Å². The topological polar surface area (TPSA) is 55.4 Å². The average Bonchev–Trinajstić information content (AvgIpc) is 1.98. The fraction of sp³-hybridized carbons (Fsp3) is 0.667. The maximum absolute atomic E-state index is 10.4. The molecule has 1 amide bonds. The summed E-state index contributed by atoms with van der Waals surface area (Å²) in [4.78, 5) is 20.1. The number of hydrogen-bond acceptors (Lipinski definition) is 3. The second-order valence-electron chi connectivity index (χ2n) is 1.73. The van der Waals surface area contributed by atoms with E-state index in [4.69, 9.17) is 0 Å². The minimum Gasteiger partial charge on any atom is -0.453 e. The van der Waals surface area contributed by atoms with Crippen molar-refractivity contribution in [1.29, 1.82) is 0 Å². The predicted octanol–water partition coefficient (Wildman–Crippen LogP) is 0.321. The summed E-state index contributed by atoms with van der Waals surface area (Å²) >= 11 is 0. The number of methoxy groups -OCH3 is 1. The third-order valence-corrected chi connectivity index (χ3v) is 0.953. The lowest BCUT2D eigenvalue weighted by Crippen LogP contribution is -2.23. The Balaban J connectivity index is 3.03. The van der Waals surface area contributed by atoms with Crippen molar-refractivity contribution >= 4 is 12.4 Å². The minimum absolute atomic E-state index is 0.453. The fourth-order valence-corrected chi connectivity index (χ4v) is 0.448. The lowest BCUT2D eigenvalue weighted by molar-refractivity contribution is -0.107. The molecule has 10 heavy (non-hydrogen) atoms. The lowest BCUT2D eigenvalue weighted by Gasteiger charge is -1.99. The number of carbonyl (C=O) groups is 2. The highest BCUT2D eigenvalue weighted by atomic mass is 16.5. The molecule has 0 unspecified atom stereocenters. The van der Waals surface area contributed by atoms with Crippen LogP contribution in [0.1, 0.15) is 12.8 Å². The molecule has 0 aromatic rings. The van der Waals surface area contributed by atoms with E-state index in [2.05, 4.69) is 10.1 Å². The second-order valence-corrected chi connectivity index (χ2v) is 1.73. The smallest absolute Gasteiger partial charge is 0.406 e. The van der Waals surface area contributed by atoms with Gasteiger partial charge in [-0.25, -0.2) is 4.79 Å². The largest absolute Gasteiger partial charge is 0.453 e. The predicted molar refractivity (Wildman–Crippen MR) is 35.7 cm³/mol. The van der Waals surface area contributed by atoms with Gasteiger partial charge >= 0.3 is 6.09 Å². The Hall–Kier alpha value is -1.06. The van der Waals surface area contributed by atoms with Crippen LogP contribution in [0.25, 0.3) is 0 Å². The van der Waals surface area contributed by atoms with Crippen LogP contribution in [0, 0.1) is 0 Å². The number of aldehydes is 1. The van der Waals surface area contributed by atoms with E-state index in [-0.39, 0.29) is 0 Å². The van der Waals surface area contributed by atoms with Crippen molar-refractivity contribution in [1.82, 2.24) is 5.32 Å². The maximum Gasteiger partial charge on any atom is 0.406 e. The number of alkyl carbamates (subject to hydrolysis) is 1. The molecule has 0 aliphatic heterocycles. The number of unbranched alkanes of at least 4 members (excludes halogenated alkanes) is 1. The molecular formula is C6H11NO3. The van der Waals surface area contributed by atoms with Crippen LogP contribution in [0.4, 0.5) is 4.79 Å².